The number of aryl methyl sites for hydroxylation is 1. The van der Waals surface area contributed by atoms with Gasteiger partial charge in [0, 0.05) is 12.1 Å². The van der Waals surface area contributed by atoms with E-state index in [4.69, 9.17) is 0 Å². The van der Waals surface area contributed by atoms with Gasteiger partial charge in [-0.05, 0) is 55.6 Å². The zero-order valence-corrected chi connectivity index (χ0v) is 9.93. The van der Waals surface area contributed by atoms with Crippen LogP contribution in [0.5, 0.6) is 0 Å². The standard InChI is InChI=1S/C15H17NO/c17-15(12-7-10-6-11(10)8-12)13-4-3-9-2-1-5-16-14(9)13/h1-2,5,10-13H,3-4,6-8H2. The summed E-state index contributed by atoms with van der Waals surface area (Å²) in [5.74, 6) is 2.77. The predicted molar refractivity (Wildman–Crippen MR) is 64.6 cm³/mol. The van der Waals surface area contributed by atoms with E-state index in [9.17, 15) is 4.79 Å². The number of rotatable bonds is 2. The molecule has 0 saturated heterocycles. The number of hydrogen-bond acceptors (Lipinski definition) is 2. The van der Waals surface area contributed by atoms with Gasteiger partial charge >= 0.3 is 0 Å². The van der Waals surface area contributed by atoms with Crippen molar-refractivity contribution in [3.63, 3.8) is 0 Å². The van der Waals surface area contributed by atoms with Gasteiger partial charge in [-0.3, -0.25) is 9.78 Å². The topological polar surface area (TPSA) is 30.0 Å². The molecular formula is C15H17NO. The molecule has 0 radical (unpaired) electrons. The van der Waals surface area contributed by atoms with E-state index in [0.29, 0.717) is 11.7 Å². The Kier molecular flexibility index (Phi) is 1.97. The summed E-state index contributed by atoms with van der Waals surface area (Å²) < 4.78 is 0. The maximum Gasteiger partial charge on any atom is 0.145 e. The van der Waals surface area contributed by atoms with Gasteiger partial charge < -0.3 is 0 Å². The zero-order chi connectivity index (χ0) is 11.4. The molecule has 2 fully saturated rings. The minimum atomic E-state index is 0.119. The lowest BCUT2D eigenvalue weighted by atomic mass is 9.88. The Morgan fingerprint density at radius 2 is 2.06 bits per heavy atom. The third kappa shape index (κ3) is 1.46. The fourth-order valence-corrected chi connectivity index (χ4v) is 3.92. The molecule has 0 bridgehead atoms. The number of carbonyl (C=O) groups excluding carboxylic acids is 1. The summed E-state index contributed by atoms with van der Waals surface area (Å²) >= 11 is 0. The second-order valence-electron chi connectivity index (χ2n) is 5.97. The summed E-state index contributed by atoms with van der Waals surface area (Å²) in [5, 5.41) is 0. The molecule has 0 aliphatic heterocycles. The Morgan fingerprint density at radius 3 is 2.88 bits per heavy atom. The Morgan fingerprint density at radius 1 is 1.24 bits per heavy atom. The summed E-state index contributed by atoms with van der Waals surface area (Å²) in [4.78, 5) is 17.0. The second-order valence-corrected chi connectivity index (χ2v) is 5.97. The van der Waals surface area contributed by atoms with Crippen LogP contribution in [0, 0.1) is 17.8 Å². The fraction of sp³-hybridized carbons (Fsp3) is 0.600. The highest BCUT2D eigenvalue weighted by Crippen LogP contribution is 2.55. The maximum absolute atomic E-state index is 12.5. The van der Waals surface area contributed by atoms with Crippen LogP contribution in [0.2, 0.25) is 0 Å². The second kappa shape index (κ2) is 3.41. The normalized spacial score (nSPS) is 37.6. The number of fused-ring (bicyclic) bond motifs is 2. The monoisotopic (exact) mass is 227 g/mol. The third-order valence-corrected chi connectivity index (χ3v) is 4.95. The smallest absolute Gasteiger partial charge is 0.145 e. The molecule has 0 amide bonds. The van der Waals surface area contributed by atoms with Gasteiger partial charge in [0.05, 0.1) is 11.6 Å². The van der Waals surface area contributed by atoms with Crippen molar-refractivity contribution in [3.05, 3.63) is 29.6 Å². The molecule has 17 heavy (non-hydrogen) atoms. The van der Waals surface area contributed by atoms with Crippen molar-refractivity contribution >= 4 is 5.78 Å². The predicted octanol–water partition coefficient (Wildman–Crippen LogP) is 2.73. The average molecular weight is 227 g/mol. The van der Waals surface area contributed by atoms with Crippen LogP contribution < -0.4 is 0 Å². The molecular weight excluding hydrogens is 210 g/mol. The highest BCUT2D eigenvalue weighted by atomic mass is 16.1. The highest BCUT2D eigenvalue weighted by molar-refractivity contribution is 5.88. The van der Waals surface area contributed by atoms with Crippen LogP contribution in [0.15, 0.2) is 18.3 Å². The highest BCUT2D eigenvalue weighted by Gasteiger charge is 2.49. The van der Waals surface area contributed by atoms with E-state index in [0.717, 1.165) is 30.4 Å². The van der Waals surface area contributed by atoms with E-state index >= 15 is 0 Å². The third-order valence-electron chi connectivity index (χ3n) is 4.95. The lowest BCUT2D eigenvalue weighted by Gasteiger charge is -2.16. The van der Waals surface area contributed by atoms with E-state index in [1.165, 1.54) is 24.8 Å². The Labute approximate surface area is 101 Å². The van der Waals surface area contributed by atoms with Gasteiger partial charge in [-0.15, -0.1) is 0 Å². The van der Waals surface area contributed by atoms with Gasteiger partial charge in [-0.25, -0.2) is 0 Å². The van der Waals surface area contributed by atoms with Crippen LogP contribution in [-0.2, 0) is 11.2 Å². The fourth-order valence-electron chi connectivity index (χ4n) is 3.92. The Balaban J connectivity index is 1.58. The minimum Gasteiger partial charge on any atom is -0.299 e. The minimum absolute atomic E-state index is 0.119. The van der Waals surface area contributed by atoms with E-state index in [1.807, 2.05) is 12.3 Å². The molecule has 1 aromatic heterocycles. The first-order chi connectivity index (χ1) is 8.33. The number of nitrogens with zero attached hydrogens (tertiary/aromatic N) is 1. The number of ketones is 1. The molecule has 1 heterocycles. The van der Waals surface area contributed by atoms with Crippen LogP contribution in [0.1, 0.15) is 42.9 Å². The summed E-state index contributed by atoms with van der Waals surface area (Å²) in [5.41, 5.74) is 2.38. The van der Waals surface area contributed by atoms with Crippen LogP contribution in [-0.4, -0.2) is 10.8 Å². The van der Waals surface area contributed by atoms with E-state index in [-0.39, 0.29) is 5.92 Å². The number of pyridine rings is 1. The molecule has 1 aromatic rings. The first kappa shape index (κ1) is 9.81. The maximum atomic E-state index is 12.5. The van der Waals surface area contributed by atoms with E-state index < -0.39 is 0 Å². The van der Waals surface area contributed by atoms with Gasteiger partial charge in [-0.1, -0.05) is 6.07 Å². The van der Waals surface area contributed by atoms with Crippen LogP contribution in [0.25, 0.3) is 0 Å². The molecule has 3 aliphatic carbocycles. The summed E-state index contributed by atoms with van der Waals surface area (Å²) in [6.45, 7) is 0. The number of Topliss-reactive ketones (excluding diaryl/α,β-unsaturated/α-hetero) is 1. The van der Waals surface area contributed by atoms with Crippen molar-refractivity contribution in [2.75, 3.05) is 0 Å². The van der Waals surface area contributed by atoms with Crippen LogP contribution in [0.4, 0.5) is 0 Å². The Bertz CT molecular complexity index is 472. The molecule has 2 saturated carbocycles. The zero-order valence-electron chi connectivity index (χ0n) is 9.93. The quantitative estimate of drug-likeness (QED) is 0.777. The molecule has 0 N–H and O–H groups in total. The molecule has 4 rings (SSSR count). The van der Waals surface area contributed by atoms with Crippen molar-refractivity contribution in [1.29, 1.82) is 0 Å². The molecule has 2 nitrogen and oxygen atoms in total. The molecule has 3 atom stereocenters. The van der Waals surface area contributed by atoms with Crippen molar-refractivity contribution in [2.24, 2.45) is 17.8 Å². The summed E-state index contributed by atoms with van der Waals surface area (Å²) in [6.07, 6.45) is 7.60. The lowest BCUT2D eigenvalue weighted by molar-refractivity contribution is -0.124. The molecule has 3 unspecified atom stereocenters. The van der Waals surface area contributed by atoms with Gasteiger partial charge in [0.15, 0.2) is 0 Å². The Hall–Kier alpha value is -1.18. The molecule has 2 heteroatoms. The van der Waals surface area contributed by atoms with Gasteiger partial charge in [-0.2, -0.15) is 0 Å². The molecule has 3 aliphatic rings. The summed E-state index contributed by atoms with van der Waals surface area (Å²) in [7, 11) is 0. The largest absolute Gasteiger partial charge is 0.299 e. The van der Waals surface area contributed by atoms with Crippen molar-refractivity contribution in [1.82, 2.24) is 4.98 Å². The van der Waals surface area contributed by atoms with Crippen molar-refractivity contribution in [2.45, 2.75) is 38.0 Å². The lowest BCUT2D eigenvalue weighted by Crippen LogP contribution is -2.20. The van der Waals surface area contributed by atoms with Crippen molar-refractivity contribution < 1.29 is 4.79 Å². The van der Waals surface area contributed by atoms with Gasteiger partial charge in [0.25, 0.3) is 0 Å². The first-order valence-electron chi connectivity index (χ1n) is 6.80. The molecule has 0 aromatic carbocycles. The number of aromatic nitrogens is 1. The first-order valence-corrected chi connectivity index (χ1v) is 6.80. The van der Waals surface area contributed by atoms with Crippen LogP contribution in [0.3, 0.4) is 0 Å². The number of carbonyl (C=O) groups is 1. The van der Waals surface area contributed by atoms with Crippen molar-refractivity contribution in [3.8, 4) is 0 Å². The summed E-state index contributed by atoms with van der Waals surface area (Å²) in [6, 6.07) is 4.11. The van der Waals surface area contributed by atoms with Gasteiger partial charge in [0.1, 0.15) is 5.78 Å². The van der Waals surface area contributed by atoms with E-state index in [1.54, 1.807) is 0 Å². The molecule has 88 valence electrons. The van der Waals surface area contributed by atoms with Crippen LogP contribution >= 0.6 is 0 Å². The van der Waals surface area contributed by atoms with E-state index in [2.05, 4.69) is 11.1 Å². The SMILES string of the molecule is O=C(C1CC2CC2C1)C1CCc2cccnc21. The number of hydrogen-bond donors (Lipinski definition) is 0. The van der Waals surface area contributed by atoms with Gasteiger partial charge in [0.2, 0.25) is 0 Å². The molecule has 0 spiro atoms. The average Bonchev–Trinajstić information content (AvgIpc) is 2.80.